The van der Waals surface area contributed by atoms with Gasteiger partial charge in [-0.1, -0.05) is 55.5 Å². The predicted octanol–water partition coefficient (Wildman–Crippen LogP) is 4.60. The predicted molar refractivity (Wildman–Crippen MR) is 80.9 cm³/mol. The van der Waals surface area contributed by atoms with Gasteiger partial charge in [0.25, 0.3) is 0 Å². The van der Waals surface area contributed by atoms with Gasteiger partial charge in [0.05, 0.1) is 0 Å². The maximum atomic E-state index is 6.56. The van der Waals surface area contributed by atoms with E-state index in [4.69, 9.17) is 5.73 Å². The van der Waals surface area contributed by atoms with Gasteiger partial charge in [-0.3, -0.25) is 0 Å². The van der Waals surface area contributed by atoms with Gasteiger partial charge in [0, 0.05) is 6.04 Å². The fraction of sp³-hybridized carbons (Fsp3) is 0.667. The highest BCUT2D eigenvalue weighted by atomic mass is 14.7. The molecule has 3 rings (SSSR count). The molecule has 2 aliphatic rings. The minimum atomic E-state index is 0.253. The molecular weight excluding hydrogens is 230 g/mol. The number of fused-ring (bicyclic) bond motifs is 1. The molecule has 2 N–H and O–H groups in total. The summed E-state index contributed by atoms with van der Waals surface area (Å²) in [7, 11) is 0. The van der Waals surface area contributed by atoms with Crippen molar-refractivity contribution < 1.29 is 0 Å². The Kier molecular flexibility index (Phi) is 3.93. The molecule has 4 unspecified atom stereocenters. The van der Waals surface area contributed by atoms with Crippen LogP contribution >= 0.6 is 0 Å². The third kappa shape index (κ3) is 2.86. The Balaban J connectivity index is 1.69. The van der Waals surface area contributed by atoms with Gasteiger partial charge in [0.2, 0.25) is 0 Å². The minimum Gasteiger partial charge on any atom is -0.324 e. The highest BCUT2D eigenvalue weighted by Gasteiger charge is 2.34. The van der Waals surface area contributed by atoms with Gasteiger partial charge in [-0.2, -0.15) is 0 Å². The first-order valence-electron chi connectivity index (χ1n) is 8.06. The lowest BCUT2D eigenvalue weighted by Crippen LogP contribution is -2.33. The largest absolute Gasteiger partial charge is 0.324 e. The molecule has 0 spiro atoms. The average Bonchev–Trinajstić information content (AvgIpc) is 2.46. The number of nitrogens with two attached hydrogens (primary N) is 1. The van der Waals surface area contributed by atoms with Crippen molar-refractivity contribution in [3.05, 3.63) is 35.4 Å². The van der Waals surface area contributed by atoms with Crippen molar-refractivity contribution in [1.29, 1.82) is 0 Å². The van der Waals surface area contributed by atoms with Crippen LogP contribution in [0.1, 0.15) is 62.1 Å². The van der Waals surface area contributed by atoms with Crippen molar-refractivity contribution in [2.24, 2.45) is 23.5 Å². The Labute approximate surface area is 117 Å². The molecule has 0 bridgehead atoms. The van der Waals surface area contributed by atoms with E-state index in [1.165, 1.54) is 56.1 Å². The SMILES string of the molecule is Cc1cccc(C(N)C2CCC3CCCCC3C2)c1. The Bertz CT molecular complexity index is 425. The first-order chi connectivity index (χ1) is 9.24. The molecule has 1 nitrogen and oxygen atoms in total. The zero-order valence-corrected chi connectivity index (χ0v) is 12.1. The standard InChI is InChI=1S/C18H27N/c1-13-5-4-8-16(11-13)18(19)17-10-9-14-6-2-3-7-15(14)12-17/h4-5,8,11,14-15,17-18H,2-3,6-7,9-10,12,19H2,1H3. The average molecular weight is 257 g/mol. The van der Waals surface area contributed by atoms with Gasteiger partial charge in [-0.25, -0.2) is 0 Å². The summed E-state index contributed by atoms with van der Waals surface area (Å²) >= 11 is 0. The van der Waals surface area contributed by atoms with Crippen LogP contribution in [-0.4, -0.2) is 0 Å². The van der Waals surface area contributed by atoms with Gasteiger partial charge in [0.15, 0.2) is 0 Å². The van der Waals surface area contributed by atoms with Crippen molar-refractivity contribution in [3.63, 3.8) is 0 Å². The second-order valence-corrected chi connectivity index (χ2v) is 6.82. The van der Waals surface area contributed by atoms with Crippen molar-refractivity contribution in [2.45, 2.75) is 57.9 Å². The van der Waals surface area contributed by atoms with E-state index in [2.05, 4.69) is 31.2 Å². The Hall–Kier alpha value is -0.820. The Morgan fingerprint density at radius 2 is 1.84 bits per heavy atom. The molecule has 104 valence electrons. The quantitative estimate of drug-likeness (QED) is 0.823. The van der Waals surface area contributed by atoms with Gasteiger partial charge >= 0.3 is 0 Å². The molecule has 2 fully saturated rings. The number of hydrogen-bond donors (Lipinski definition) is 1. The first kappa shape index (κ1) is 13.2. The van der Waals surface area contributed by atoms with E-state index in [1.807, 2.05) is 0 Å². The zero-order chi connectivity index (χ0) is 13.2. The van der Waals surface area contributed by atoms with E-state index in [-0.39, 0.29) is 6.04 Å². The van der Waals surface area contributed by atoms with Crippen molar-refractivity contribution in [2.75, 3.05) is 0 Å². The van der Waals surface area contributed by atoms with Crippen molar-refractivity contribution in [1.82, 2.24) is 0 Å². The molecule has 1 aromatic carbocycles. The molecule has 1 heteroatoms. The summed E-state index contributed by atoms with van der Waals surface area (Å²) in [6.07, 6.45) is 10.0. The van der Waals surface area contributed by atoms with Gasteiger partial charge in [-0.05, 0) is 49.5 Å². The Morgan fingerprint density at radius 1 is 1.05 bits per heavy atom. The molecule has 0 amide bonds. The summed E-state index contributed by atoms with van der Waals surface area (Å²) in [5, 5.41) is 0. The van der Waals surface area contributed by atoms with Crippen LogP contribution in [0, 0.1) is 24.7 Å². The smallest absolute Gasteiger partial charge is 0.0323 e. The van der Waals surface area contributed by atoms with E-state index < -0.39 is 0 Å². The number of hydrogen-bond acceptors (Lipinski definition) is 1. The summed E-state index contributed by atoms with van der Waals surface area (Å²) in [5.41, 5.74) is 9.24. The second-order valence-electron chi connectivity index (χ2n) is 6.82. The summed E-state index contributed by atoms with van der Waals surface area (Å²) < 4.78 is 0. The molecular formula is C18H27N. The van der Waals surface area contributed by atoms with Crippen LogP contribution in [-0.2, 0) is 0 Å². The molecule has 0 heterocycles. The van der Waals surface area contributed by atoms with Crippen molar-refractivity contribution >= 4 is 0 Å². The minimum absolute atomic E-state index is 0.253. The second kappa shape index (κ2) is 5.66. The summed E-state index contributed by atoms with van der Waals surface area (Å²) in [4.78, 5) is 0. The highest BCUT2D eigenvalue weighted by molar-refractivity contribution is 5.25. The van der Waals surface area contributed by atoms with Gasteiger partial charge in [0.1, 0.15) is 0 Å². The highest BCUT2D eigenvalue weighted by Crippen LogP contribution is 2.45. The van der Waals surface area contributed by atoms with Gasteiger partial charge in [-0.15, -0.1) is 0 Å². The normalized spacial score (nSPS) is 32.6. The fourth-order valence-corrected chi connectivity index (χ4v) is 4.39. The fourth-order valence-electron chi connectivity index (χ4n) is 4.39. The monoisotopic (exact) mass is 257 g/mol. The summed E-state index contributed by atoms with van der Waals surface area (Å²) in [6, 6.07) is 9.05. The molecule has 2 aliphatic carbocycles. The summed E-state index contributed by atoms with van der Waals surface area (Å²) in [5.74, 6) is 2.71. The molecule has 0 saturated heterocycles. The van der Waals surface area contributed by atoms with Gasteiger partial charge < -0.3 is 5.73 Å². The molecule has 0 aromatic heterocycles. The number of benzene rings is 1. The van der Waals surface area contributed by atoms with Crippen LogP contribution in [0.4, 0.5) is 0 Å². The molecule has 1 aromatic rings. The first-order valence-corrected chi connectivity index (χ1v) is 8.06. The molecule has 4 atom stereocenters. The van der Waals surface area contributed by atoms with Crippen LogP contribution in [0.3, 0.4) is 0 Å². The van der Waals surface area contributed by atoms with Crippen LogP contribution in [0.5, 0.6) is 0 Å². The zero-order valence-electron chi connectivity index (χ0n) is 12.1. The van der Waals surface area contributed by atoms with E-state index >= 15 is 0 Å². The van der Waals surface area contributed by atoms with Crippen LogP contribution in [0.15, 0.2) is 24.3 Å². The topological polar surface area (TPSA) is 26.0 Å². The molecule has 0 radical (unpaired) electrons. The van der Waals surface area contributed by atoms with E-state index in [0.29, 0.717) is 5.92 Å². The van der Waals surface area contributed by atoms with E-state index in [9.17, 15) is 0 Å². The third-order valence-corrected chi connectivity index (χ3v) is 5.52. The summed E-state index contributed by atoms with van der Waals surface area (Å²) in [6.45, 7) is 2.16. The lowest BCUT2D eigenvalue weighted by atomic mass is 9.65. The maximum absolute atomic E-state index is 6.56. The lowest BCUT2D eigenvalue weighted by molar-refractivity contribution is 0.117. The van der Waals surface area contributed by atoms with E-state index in [0.717, 1.165) is 11.8 Å². The van der Waals surface area contributed by atoms with Crippen molar-refractivity contribution in [3.8, 4) is 0 Å². The van der Waals surface area contributed by atoms with E-state index in [1.54, 1.807) is 0 Å². The molecule has 19 heavy (non-hydrogen) atoms. The molecule has 2 saturated carbocycles. The third-order valence-electron chi connectivity index (χ3n) is 5.52. The molecule has 0 aliphatic heterocycles. The Morgan fingerprint density at radius 3 is 2.63 bits per heavy atom. The maximum Gasteiger partial charge on any atom is 0.0323 e. The number of aryl methyl sites for hydroxylation is 1. The van der Waals surface area contributed by atoms with Crippen LogP contribution in [0.25, 0.3) is 0 Å². The van der Waals surface area contributed by atoms with Crippen LogP contribution < -0.4 is 5.73 Å². The lowest BCUT2D eigenvalue weighted by Gasteiger charge is -2.41. The number of rotatable bonds is 2. The van der Waals surface area contributed by atoms with Crippen LogP contribution in [0.2, 0.25) is 0 Å².